The van der Waals surface area contributed by atoms with Gasteiger partial charge in [-0.3, -0.25) is 4.79 Å². The van der Waals surface area contributed by atoms with Crippen molar-refractivity contribution in [3.05, 3.63) is 53.6 Å². The molecule has 2 rings (SSSR count). The first-order valence-corrected chi connectivity index (χ1v) is 7.07. The number of carbonyl (C=O) groups excluding carboxylic acids is 1. The summed E-state index contributed by atoms with van der Waals surface area (Å²) < 4.78 is 34.6. The number of anilines is 1. The molecule has 0 aliphatic carbocycles. The van der Waals surface area contributed by atoms with Crippen LogP contribution in [0.5, 0.6) is 11.5 Å². The molecule has 0 saturated carbocycles. The van der Waals surface area contributed by atoms with Gasteiger partial charge in [0.1, 0.15) is 0 Å². The van der Waals surface area contributed by atoms with Gasteiger partial charge in [0.05, 0.1) is 12.7 Å². The topological polar surface area (TPSA) is 47.6 Å². The van der Waals surface area contributed by atoms with Crippen LogP contribution in [0, 0.1) is 0 Å². The van der Waals surface area contributed by atoms with Crippen LogP contribution in [0.15, 0.2) is 42.5 Å². The number of aryl methyl sites for hydroxylation is 1. The van der Waals surface area contributed by atoms with Gasteiger partial charge in [0.25, 0.3) is 5.91 Å². The van der Waals surface area contributed by atoms with Gasteiger partial charge in [-0.1, -0.05) is 25.1 Å². The van der Waals surface area contributed by atoms with E-state index in [1.54, 1.807) is 6.07 Å². The van der Waals surface area contributed by atoms with Crippen molar-refractivity contribution in [2.45, 2.75) is 20.0 Å². The van der Waals surface area contributed by atoms with Crippen LogP contribution >= 0.6 is 0 Å². The molecule has 2 aromatic rings. The van der Waals surface area contributed by atoms with Gasteiger partial charge in [0.15, 0.2) is 11.5 Å². The fourth-order valence-corrected chi connectivity index (χ4v) is 2.13. The first-order chi connectivity index (χ1) is 11.0. The van der Waals surface area contributed by atoms with E-state index >= 15 is 0 Å². The zero-order valence-corrected chi connectivity index (χ0v) is 12.8. The van der Waals surface area contributed by atoms with Gasteiger partial charge in [-0.2, -0.15) is 8.78 Å². The Morgan fingerprint density at radius 1 is 1.22 bits per heavy atom. The van der Waals surface area contributed by atoms with E-state index in [9.17, 15) is 13.6 Å². The lowest BCUT2D eigenvalue weighted by Gasteiger charge is -2.14. The summed E-state index contributed by atoms with van der Waals surface area (Å²) in [5, 5.41) is 2.68. The van der Waals surface area contributed by atoms with Gasteiger partial charge in [-0.05, 0) is 36.2 Å². The van der Waals surface area contributed by atoms with Crippen LogP contribution in [0.1, 0.15) is 22.8 Å². The first kappa shape index (κ1) is 16.7. The fraction of sp³-hybridized carbons (Fsp3) is 0.235. The number of amides is 1. The minimum atomic E-state index is -3.05. The highest BCUT2D eigenvalue weighted by atomic mass is 19.3. The Morgan fingerprint density at radius 3 is 2.61 bits per heavy atom. The van der Waals surface area contributed by atoms with Gasteiger partial charge in [-0.25, -0.2) is 0 Å². The van der Waals surface area contributed by atoms with Gasteiger partial charge in [0.2, 0.25) is 0 Å². The van der Waals surface area contributed by atoms with Crippen molar-refractivity contribution in [1.29, 1.82) is 0 Å². The molecule has 0 fully saturated rings. The molecule has 0 unspecified atom stereocenters. The van der Waals surface area contributed by atoms with Crippen molar-refractivity contribution in [2.75, 3.05) is 12.4 Å². The molecule has 0 aliphatic heterocycles. The van der Waals surface area contributed by atoms with E-state index in [4.69, 9.17) is 4.74 Å². The monoisotopic (exact) mass is 321 g/mol. The van der Waals surface area contributed by atoms with Crippen molar-refractivity contribution < 1.29 is 23.0 Å². The predicted octanol–water partition coefficient (Wildman–Crippen LogP) is 4.11. The average Bonchev–Trinajstić information content (AvgIpc) is 2.54. The Balaban J connectivity index is 2.31. The third kappa shape index (κ3) is 4.18. The number of hydrogen-bond donors (Lipinski definition) is 1. The highest BCUT2D eigenvalue weighted by molar-refractivity contribution is 6.06. The largest absolute Gasteiger partial charge is 0.493 e. The smallest absolute Gasteiger partial charge is 0.387 e. The highest BCUT2D eigenvalue weighted by Crippen LogP contribution is 2.33. The van der Waals surface area contributed by atoms with Crippen molar-refractivity contribution >= 4 is 11.6 Å². The minimum absolute atomic E-state index is 0.0217. The molecule has 6 heteroatoms. The third-order valence-electron chi connectivity index (χ3n) is 3.24. The van der Waals surface area contributed by atoms with E-state index in [0.717, 1.165) is 12.0 Å². The summed E-state index contributed by atoms with van der Waals surface area (Å²) in [5.41, 5.74) is 1.62. The molecule has 0 radical (unpaired) electrons. The summed E-state index contributed by atoms with van der Waals surface area (Å²) in [6, 6.07) is 11.7. The molecule has 0 aliphatic rings. The van der Waals surface area contributed by atoms with Crippen molar-refractivity contribution in [3.63, 3.8) is 0 Å². The molecule has 2 aromatic carbocycles. The standard InChI is InChI=1S/C17H17F2NO3/c1-3-11-6-4-7-12(10-11)20-16(21)13-8-5-9-14(22-2)15(13)23-17(18)19/h4-10,17H,3H2,1-2H3,(H,20,21). The second-order valence-electron chi connectivity index (χ2n) is 4.72. The van der Waals surface area contributed by atoms with Crippen LogP contribution in [0.25, 0.3) is 0 Å². The second-order valence-corrected chi connectivity index (χ2v) is 4.72. The minimum Gasteiger partial charge on any atom is -0.493 e. The molecular formula is C17H17F2NO3. The summed E-state index contributed by atoms with van der Waals surface area (Å²) in [4.78, 5) is 12.4. The number of ether oxygens (including phenoxy) is 2. The number of hydrogen-bond acceptors (Lipinski definition) is 3. The molecular weight excluding hydrogens is 304 g/mol. The Morgan fingerprint density at radius 2 is 1.96 bits per heavy atom. The lowest BCUT2D eigenvalue weighted by Crippen LogP contribution is -2.15. The van der Waals surface area contributed by atoms with E-state index in [0.29, 0.717) is 5.69 Å². The number of nitrogens with one attached hydrogen (secondary N) is 1. The zero-order valence-electron chi connectivity index (χ0n) is 12.8. The van der Waals surface area contributed by atoms with E-state index in [1.165, 1.54) is 25.3 Å². The Labute approximate surface area is 133 Å². The summed E-state index contributed by atoms with van der Waals surface area (Å²) in [6.07, 6.45) is 0.822. The molecule has 1 amide bonds. The predicted molar refractivity (Wildman–Crippen MR) is 83.4 cm³/mol. The van der Waals surface area contributed by atoms with Crippen LogP contribution in [-0.2, 0) is 6.42 Å². The maximum Gasteiger partial charge on any atom is 0.387 e. The number of halogens is 2. The van der Waals surface area contributed by atoms with Gasteiger partial charge in [-0.15, -0.1) is 0 Å². The Bertz CT molecular complexity index is 689. The van der Waals surface area contributed by atoms with Crippen LogP contribution in [0.3, 0.4) is 0 Å². The number of rotatable bonds is 6. The molecule has 0 spiro atoms. The van der Waals surface area contributed by atoms with Crippen molar-refractivity contribution in [3.8, 4) is 11.5 Å². The number of para-hydroxylation sites is 1. The summed E-state index contributed by atoms with van der Waals surface area (Å²) >= 11 is 0. The number of methoxy groups -OCH3 is 1. The highest BCUT2D eigenvalue weighted by Gasteiger charge is 2.20. The van der Waals surface area contributed by atoms with E-state index in [1.807, 2.05) is 25.1 Å². The molecule has 0 bridgehead atoms. The normalized spacial score (nSPS) is 10.5. The fourth-order valence-electron chi connectivity index (χ4n) is 2.13. The lowest BCUT2D eigenvalue weighted by atomic mass is 10.1. The molecule has 0 aromatic heterocycles. The number of carbonyl (C=O) groups is 1. The summed E-state index contributed by atoms with van der Waals surface area (Å²) in [6.45, 7) is -1.06. The van der Waals surface area contributed by atoms with Crippen LogP contribution < -0.4 is 14.8 Å². The summed E-state index contributed by atoms with van der Waals surface area (Å²) in [5.74, 6) is -0.762. The molecule has 4 nitrogen and oxygen atoms in total. The Kier molecular flexibility index (Phi) is 5.51. The maximum atomic E-state index is 12.6. The third-order valence-corrected chi connectivity index (χ3v) is 3.24. The van der Waals surface area contributed by atoms with Gasteiger partial charge >= 0.3 is 6.61 Å². The van der Waals surface area contributed by atoms with Crippen LogP contribution in [0.4, 0.5) is 14.5 Å². The second kappa shape index (κ2) is 7.58. The SMILES string of the molecule is CCc1cccc(NC(=O)c2cccc(OC)c2OC(F)F)c1. The molecule has 0 atom stereocenters. The first-order valence-electron chi connectivity index (χ1n) is 7.07. The quantitative estimate of drug-likeness (QED) is 0.871. The van der Waals surface area contributed by atoms with Crippen LogP contribution in [-0.4, -0.2) is 19.6 Å². The molecule has 0 saturated heterocycles. The summed E-state index contributed by atoms with van der Waals surface area (Å²) in [7, 11) is 1.32. The molecule has 23 heavy (non-hydrogen) atoms. The lowest BCUT2D eigenvalue weighted by molar-refractivity contribution is -0.0515. The van der Waals surface area contributed by atoms with Crippen LogP contribution in [0.2, 0.25) is 0 Å². The average molecular weight is 321 g/mol. The maximum absolute atomic E-state index is 12.6. The van der Waals surface area contributed by atoms with Gasteiger partial charge < -0.3 is 14.8 Å². The van der Waals surface area contributed by atoms with E-state index in [2.05, 4.69) is 10.1 Å². The molecule has 1 N–H and O–H groups in total. The number of benzene rings is 2. The van der Waals surface area contributed by atoms with E-state index in [-0.39, 0.29) is 17.1 Å². The zero-order chi connectivity index (χ0) is 16.8. The Hall–Kier alpha value is -2.63. The van der Waals surface area contributed by atoms with Crippen molar-refractivity contribution in [2.24, 2.45) is 0 Å². The van der Waals surface area contributed by atoms with E-state index < -0.39 is 12.5 Å². The molecule has 0 heterocycles. The molecule has 122 valence electrons. The van der Waals surface area contributed by atoms with Crippen molar-refractivity contribution in [1.82, 2.24) is 0 Å². The van der Waals surface area contributed by atoms with Gasteiger partial charge in [0, 0.05) is 5.69 Å². The number of alkyl halides is 2.